The van der Waals surface area contributed by atoms with Crippen molar-refractivity contribution in [1.82, 2.24) is 20.1 Å². The Morgan fingerprint density at radius 1 is 1.02 bits per heavy atom. The molecule has 11 heteroatoms. The van der Waals surface area contributed by atoms with Crippen molar-refractivity contribution in [2.24, 2.45) is 0 Å². The molecule has 43 heavy (non-hydrogen) atoms. The van der Waals surface area contributed by atoms with Gasteiger partial charge in [-0.3, -0.25) is 4.79 Å². The highest BCUT2D eigenvalue weighted by Crippen LogP contribution is 2.51. The first kappa shape index (κ1) is 28.9. The minimum atomic E-state index is -4.75. The van der Waals surface area contributed by atoms with Gasteiger partial charge in [0.15, 0.2) is 11.3 Å². The Hall–Kier alpha value is -4.25. The van der Waals surface area contributed by atoms with Crippen LogP contribution in [0, 0.1) is 13.8 Å². The third kappa shape index (κ3) is 6.13. The van der Waals surface area contributed by atoms with E-state index in [1.54, 1.807) is 11.8 Å². The predicted molar refractivity (Wildman–Crippen MR) is 161 cm³/mol. The Bertz CT molecular complexity index is 1660. The van der Waals surface area contributed by atoms with E-state index >= 15 is 0 Å². The van der Waals surface area contributed by atoms with Crippen molar-refractivity contribution in [3.05, 3.63) is 101 Å². The lowest BCUT2D eigenvalue weighted by molar-refractivity contribution is -0.274. The molecule has 2 heterocycles. The summed E-state index contributed by atoms with van der Waals surface area (Å²) in [5.41, 5.74) is 6.64. The second-order valence-electron chi connectivity index (χ2n) is 11.0. The molecule has 3 aromatic carbocycles. The molecule has 7 nitrogen and oxygen atoms in total. The number of halogens is 3. The molecule has 0 spiro atoms. The van der Waals surface area contributed by atoms with E-state index in [-0.39, 0.29) is 22.6 Å². The Morgan fingerprint density at radius 2 is 1.70 bits per heavy atom. The molecule has 0 radical (unpaired) electrons. The maximum Gasteiger partial charge on any atom is 0.573 e. The van der Waals surface area contributed by atoms with Gasteiger partial charge in [-0.15, -0.1) is 18.3 Å². The zero-order valence-corrected chi connectivity index (χ0v) is 24.7. The van der Waals surface area contributed by atoms with Crippen molar-refractivity contribution in [2.45, 2.75) is 57.3 Å². The molecular formula is C32H30F3N5O2S. The normalized spacial score (nSPS) is 17.5. The minimum Gasteiger partial charge on any atom is -0.406 e. The van der Waals surface area contributed by atoms with Crippen LogP contribution in [0.25, 0.3) is 17.1 Å². The fraction of sp³-hybridized carbons (Fsp3) is 0.281. The van der Waals surface area contributed by atoms with Crippen LogP contribution >= 0.6 is 11.8 Å². The number of aryl methyl sites for hydroxylation is 2. The van der Waals surface area contributed by atoms with Crippen LogP contribution in [0.1, 0.15) is 42.9 Å². The largest absolute Gasteiger partial charge is 0.573 e. The SMILES string of the molecule is CC1=CSC(NC(=O)CC2(c3ccc(-c4ncn(-c5ccc(OC(F)(F)F)cc5)n4)cc3)CC2)N1c1c(C)cccc1C. The Kier molecular flexibility index (Phi) is 7.45. The molecule has 1 atom stereocenters. The van der Waals surface area contributed by atoms with E-state index in [1.165, 1.54) is 46.4 Å². The van der Waals surface area contributed by atoms with E-state index in [9.17, 15) is 18.0 Å². The topological polar surface area (TPSA) is 72.3 Å². The zero-order chi connectivity index (χ0) is 30.4. The number of nitrogens with zero attached hydrogens (tertiary/aromatic N) is 4. The van der Waals surface area contributed by atoms with Gasteiger partial charge in [0, 0.05) is 28.8 Å². The summed E-state index contributed by atoms with van der Waals surface area (Å²) in [5.74, 6) is 0.199. The number of hydrogen-bond acceptors (Lipinski definition) is 6. The van der Waals surface area contributed by atoms with Crippen LogP contribution in [0.3, 0.4) is 0 Å². The fourth-order valence-electron chi connectivity index (χ4n) is 5.55. The number of rotatable bonds is 8. The number of amides is 1. The average molecular weight is 606 g/mol. The Balaban J connectivity index is 1.11. The van der Waals surface area contributed by atoms with Gasteiger partial charge >= 0.3 is 6.36 Å². The highest BCUT2D eigenvalue weighted by molar-refractivity contribution is 8.03. The zero-order valence-electron chi connectivity index (χ0n) is 23.9. The molecule has 0 saturated heterocycles. The van der Waals surface area contributed by atoms with E-state index in [2.05, 4.69) is 63.3 Å². The minimum absolute atomic E-state index is 0.0190. The van der Waals surface area contributed by atoms with Crippen molar-refractivity contribution in [2.75, 3.05) is 4.90 Å². The Morgan fingerprint density at radius 3 is 2.33 bits per heavy atom. The van der Waals surface area contributed by atoms with E-state index in [1.807, 2.05) is 30.3 Å². The maximum atomic E-state index is 13.3. The number of thioether (sulfide) groups is 1. The predicted octanol–water partition coefficient (Wildman–Crippen LogP) is 7.39. The van der Waals surface area contributed by atoms with Gasteiger partial charge in [-0.1, -0.05) is 54.2 Å². The molecule has 1 N–H and O–H groups in total. The van der Waals surface area contributed by atoms with Crippen LogP contribution in [0.4, 0.5) is 18.9 Å². The number of ether oxygens (including phenoxy) is 1. The summed E-state index contributed by atoms with van der Waals surface area (Å²) in [6.45, 7) is 6.25. The van der Waals surface area contributed by atoms with Crippen molar-refractivity contribution >= 4 is 23.4 Å². The third-order valence-corrected chi connectivity index (χ3v) is 8.95. The fourth-order valence-corrected chi connectivity index (χ4v) is 6.58. The summed E-state index contributed by atoms with van der Waals surface area (Å²) >= 11 is 1.61. The number of aromatic nitrogens is 3. The quantitative estimate of drug-likeness (QED) is 0.226. The highest BCUT2D eigenvalue weighted by atomic mass is 32.2. The second kappa shape index (κ2) is 11.1. The molecule has 1 aromatic heterocycles. The molecule has 1 aliphatic carbocycles. The van der Waals surface area contributed by atoms with Crippen molar-refractivity contribution in [1.29, 1.82) is 0 Å². The average Bonchev–Trinajstić information content (AvgIpc) is 3.40. The first-order valence-corrected chi connectivity index (χ1v) is 14.8. The number of nitrogens with one attached hydrogen (secondary N) is 1. The lowest BCUT2D eigenvalue weighted by Gasteiger charge is -2.31. The summed E-state index contributed by atoms with van der Waals surface area (Å²) in [6, 6.07) is 19.6. The van der Waals surface area contributed by atoms with Gasteiger partial charge in [0.25, 0.3) is 0 Å². The standard InChI is InChI=1S/C32H30F3N5O2S/c1-20-5-4-6-21(2)28(20)40-22(3)18-43-30(40)37-27(41)17-31(15-16-31)24-9-7-23(8-10-24)29-36-19-39(38-29)25-11-13-26(14-12-25)42-32(33,34)35/h4-14,18-19,30H,15-17H2,1-3H3,(H,37,41). The van der Waals surface area contributed by atoms with Gasteiger partial charge in [-0.05, 0) is 80.0 Å². The highest BCUT2D eigenvalue weighted by Gasteiger charge is 2.46. The molecule has 2 aliphatic rings. The van der Waals surface area contributed by atoms with Crippen molar-refractivity contribution in [3.63, 3.8) is 0 Å². The number of carbonyl (C=O) groups excluding carboxylic acids is 1. The van der Waals surface area contributed by atoms with Crippen LogP contribution in [0.5, 0.6) is 5.75 Å². The number of carbonyl (C=O) groups is 1. The van der Waals surface area contributed by atoms with Crippen molar-refractivity contribution in [3.8, 4) is 22.8 Å². The molecule has 1 saturated carbocycles. The summed E-state index contributed by atoms with van der Waals surface area (Å²) in [6.07, 6.45) is -0.948. The molecule has 1 fully saturated rings. The molecule has 0 bridgehead atoms. The van der Waals surface area contributed by atoms with Gasteiger partial charge in [-0.25, -0.2) is 9.67 Å². The molecule has 4 aromatic rings. The third-order valence-electron chi connectivity index (χ3n) is 7.88. The van der Waals surface area contributed by atoms with Gasteiger partial charge in [0.05, 0.1) is 5.69 Å². The molecule has 222 valence electrons. The van der Waals surface area contributed by atoms with Crippen LogP contribution in [0.15, 0.2) is 84.2 Å². The number of anilines is 1. The number of alkyl halides is 3. The van der Waals surface area contributed by atoms with Gasteiger partial charge < -0.3 is 15.0 Å². The van der Waals surface area contributed by atoms with Crippen LogP contribution < -0.4 is 15.0 Å². The Labute approximate surface area is 251 Å². The molecule has 1 aliphatic heterocycles. The van der Waals surface area contributed by atoms with Crippen LogP contribution in [-0.4, -0.2) is 32.5 Å². The molecular weight excluding hydrogens is 575 g/mol. The molecule has 1 amide bonds. The monoisotopic (exact) mass is 605 g/mol. The lowest BCUT2D eigenvalue weighted by atomic mass is 9.91. The second-order valence-corrected chi connectivity index (χ2v) is 12.0. The number of benzene rings is 3. The number of allylic oxidation sites excluding steroid dienone is 1. The molecule has 6 rings (SSSR count). The van der Waals surface area contributed by atoms with Gasteiger partial charge in [0.1, 0.15) is 12.1 Å². The first-order valence-electron chi connectivity index (χ1n) is 13.9. The maximum absolute atomic E-state index is 13.3. The summed E-state index contributed by atoms with van der Waals surface area (Å²) in [4.78, 5) is 19.9. The van der Waals surface area contributed by atoms with Crippen molar-refractivity contribution < 1.29 is 22.7 Å². The first-order chi connectivity index (χ1) is 20.5. The summed E-state index contributed by atoms with van der Waals surface area (Å²) in [7, 11) is 0. The van der Waals surface area contributed by atoms with Gasteiger partial charge in [-0.2, -0.15) is 0 Å². The number of para-hydroxylation sites is 1. The van der Waals surface area contributed by atoms with Gasteiger partial charge in [0.2, 0.25) is 5.91 Å². The van der Waals surface area contributed by atoms with E-state index in [4.69, 9.17) is 0 Å². The van der Waals surface area contributed by atoms with E-state index < -0.39 is 6.36 Å². The smallest absolute Gasteiger partial charge is 0.406 e. The summed E-state index contributed by atoms with van der Waals surface area (Å²) in [5, 5.41) is 9.84. The van der Waals surface area contributed by atoms with Crippen LogP contribution in [0.2, 0.25) is 0 Å². The molecule has 1 unspecified atom stereocenters. The number of hydrogen-bond donors (Lipinski definition) is 1. The lowest BCUT2D eigenvalue weighted by Crippen LogP contribution is -2.44. The van der Waals surface area contributed by atoms with E-state index in [0.29, 0.717) is 17.9 Å². The summed E-state index contributed by atoms with van der Waals surface area (Å²) < 4.78 is 42.7. The van der Waals surface area contributed by atoms with E-state index in [0.717, 1.165) is 35.4 Å². The van der Waals surface area contributed by atoms with Crippen LogP contribution in [-0.2, 0) is 10.2 Å².